The number of benzene rings is 2. The van der Waals surface area contributed by atoms with Gasteiger partial charge in [0.2, 0.25) is 0 Å². The Morgan fingerprint density at radius 3 is 2.56 bits per heavy atom. The number of anilines is 1. The van der Waals surface area contributed by atoms with Crippen LogP contribution in [0.1, 0.15) is 21.5 Å². The van der Waals surface area contributed by atoms with E-state index in [9.17, 15) is 4.79 Å². The molecule has 4 heteroatoms. The van der Waals surface area contributed by atoms with Gasteiger partial charge in [0.05, 0.1) is 5.02 Å². The topological polar surface area (TPSA) is 43.1 Å². The van der Waals surface area contributed by atoms with Gasteiger partial charge in [-0.15, -0.1) is 0 Å². The molecule has 2 aromatic carbocycles. The third-order valence-electron chi connectivity index (χ3n) is 2.54. The van der Waals surface area contributed by atoms with Crippen molar-refractivity contribution in [3.05, 3.63) is 62.6 Å². The number of nitrogen functional groups attached to an aromatic ring is 1. The van der Waals surface area contributed by atoms with Gasteiger partial charge in [0.1, 0.15) is 0 Å². The Bertz CT molecular complexity index is 605. The number of hydrogen-bond acceptors (Lipinski definition) is 2. The molecule has 0 fully saturated rings. The molecule has 0 saturated heterocycles. The van der Waals surface area contributed by atoms with Crippen LogP contribution in [0.3, 0.4) is 0 Å². The summed E-state index contributed by atoms with van der Waals surface area (Å²) in [7, 11) is 0. The fourth-order valence-corrected chi connectivity index (χ4v) is 2.62. The molecule has 0 aliphatic carbocycles. The monoisotopic (exact) mass is 323 g/mol. The van der Waals surface area contributed by atoms with Crippen molar-refractivity contribution in [3.8, 4) is 0 Å². The average Bonchev–Trinajstić information content (AvgIpc) is 2.26. The molecule has 0 aliphatic heterocycles. The lowest BCUT2D eigenvalue weighted by Gasteiger charge is -2.06. The Labute approximate surface area is 119 Å². The summed E-state index contributed by atoms with van der Waals surface area (Å²) in [5, 5.41) is 0.373. The van der Waals surface area contributed by atoms with Gasteiger partial charge in [0.15, 0.2) is 5.78 Å². The number of rotatable bonds is 2. The van der Waals surface area contributed by atoms with Crippen LogP contribution in [0.25, 0.3) is 0 Å². The smallest absolute Gasteiger partial charge is 0.194 e. The minimum absolute atomic E-state index is 0.107. The van der Waals surface area contributed by atoms with Gasteiger partial charge >= 0.3 is 0 Å². The lowest BCUT2D eigenvalue weighted by Crippen LogP contribution is -2.03. The number of carbonyl (C=O) groups is 1. The molecule has 2 rings (SSSR count). The predicted molar refractivity (Wildman–Crippen MR) is 78.2 cm³/mol. The molecule has 2 N–H and O–H groups in total. The molecule has 0 heterocycles. The molecule has 2 aromatic rings. The highest BCUT2D eigenvalue weighted by atomic mass is 79.9. The number of nitrogens with two attached hydrogens (primary N) is 1. The maximum absolute atomic E-state index is 12.3. The Balaban J connectivity index is 2.47. The molecule has 0 aromatic heterocycles. The average molecular weight is 325 g/mol. The molecule has 0 unspecified atom stereocenters. The number of aryl methyl sites for hydroxylation is 1. The third-order valence-corrected chi connectivity index (χ3v) is 3.31. The second-order valence-corrected chi connectivity index (χ2v) is 5.41. The largest absolute Gasteiger partial charge is 0.399 e. The van der Waals surface area contributed by atoms with Gasteiger partial charge in [-0.2, -0.15) is 0 Å². The maximum atomic E-state index is 12.3. The Morgan fingerprint density at radius 2 is 1.94 bits per heavy atom. The van der Waals surface area contributed by atoms with Crippen LogP contribution < -0.4 is 5.73 Å². The van der Waals surface area contributed by atoms with Gasteiger partial charge in [-0.1, -0.05) is 27.5 Å². The van der Waals surface area contributed by atoms with Crippen LogP contribution in [-0.4, -0.2) is 5.78 Å². The first-order valence-corrected chi connectivity index (χ1v) is 6.51. The summed E-state index contributed by atoms with van der Waals surface area (Å²) in [6, 6.07) is 10.5. The Hall–Kier alpha value is -1.32. The van der Waals surface area contributed by atoms with Gasteiger partial charge < -0.3 is 5.73 Å². The van der Waals surface area contributed by atoms with Crippen LogP contribution in [0.4, 0.5) is 5.69 Å². The summed E-state index contributed by atoms with van der Waals surface area (Å²) < 4.78 is 0.873. The molecule has 0 bridgehead atoms. The first kappa shape index (κ1) is 13.1. The first-order chi connectivity index (χ1) is 8.47. The highest BCUT2D eigenvalue weighted by Crippen LogP contribution is 2.24. The van der Waals surface area contributed by atoms with Crippen LogP contribution in [0.15, 0.2) is 40.9 Å². The van der Waals surface area contributed by atoms with Gasteiger partial charge in [-0.25, -0.2) is 0 Å². The minimum atomic E-state index is -0.107. The summed E-state index contributed by atoms with van der Waals surface area (Å²) in [5.41, 5.74) is 8.23. The fraction of sp³-hybridized carbons (Fsp3) is 0.0714. The zero-order valence-electron chi connectivity index (χ0n) is 9.71. The number of hydrogen-bond donors (Lipinski definition) is 1. The second-order valence-electron chi connectivity index (χ2n) is 4.09. The zero-order chi connectivity index (χ0) is 13.3. The summed E-state index contributed by atoms with van der Waals surface area (Å²) in [5.74, 6) is -0.107. The van der Waals surface area contributed by atoms with Crippen LogP contribution in [-0.2, 0) is 0 Å². The van der Waals surface area contributed by atoms with Gasteiger partial charge in [-0.3, -0.25) is 4.79 Å². The van der Waals surface area contributed by atoms with E-state index in [4.69, 9.17) is 17.3 Å². The number of halogens is 2. The van der Waals surface area contributed by atoms with Gasteiger partial charge in [0.25, 0.3) is 0 Å². The SMILES string of the molecule is Cc1cc(Br)cc(C(=O)c2ccc(N)cc2Cl)c1. The molecule has 2 nitrogen and oxygen atoms in total. The lowest BCUT2D eigenvalue weighted by molar-refractivity contribution is 0.103. The van der Waals surface area contributed by atoms with E-state index < -0.39 is 0 Å². The van der Waals surface area contributed by atoms with E-state index in [1.165, 1.54) is 0 Å². The zero-order valence-corrected chi connectivity index (χ0v) is 12.0. The molecule has 0 spiro atoms. The van der Waals surface area contributed by atoms with Gasteiger partial charge in [0, 0.05) is 21.3 Å². The maximum Gasteiger partial charge on any atom is 0.194 e. The van der Waals surface area contributed by atoms with Gasteiger partial charge in [-0.05, 0) is 48.9 Å². The normalized spacial score (nSPS) is 10.4. The fourth-order valence-electron chi connectivity index (χ4n) is 1.74. The second kappa shape index (κ2) is 5.12. The van der Waals surface area contributed by atoms with E-state index >= 15 is 0 Å². The quantitative estimate of drug-likeness (QED) is 0.664. The molecular formula is C14H11BrClNO. The standard InChI is InChI=1S/C14H11BrClNO/c1-8-4-9(6-10(15)5-8)14(18)12-3-2-11(17)7-13(12)16/h2-7H,17H2,1H3. The first-order valence-electron chi connectivity index (χ1n) is 5.34. The van der Waals surface area contributed by atoms with E-state index in [2.05, 4.69) is 15.9 Å². The van der Waals surface area contributed by atoms with E-state index in [-0.39, 0.29) is 5.78 Å². The minimum Gasteiger partial charge on any atom is -0.399 e. The van der Waals surface area contributed by atoms with E-state index in [1.54, 1.807) is 24.3 Å². The van der Waals surface area contributed by atoms with Crippen molar-refractivity contribution < 1.29 is 4.79 Å². The third kappa shape index (κ3) is 2.74. The molecular weight excluding hydrogens is 314 g/mol. The molecule has 0 aliphatic rings. The van der Waals surface area contributed by atoms with Crippen molar-refractivity contribution in [3.63, 3.8) is 0 Å². The van der Waals surface area contributed by atoms with Crippen molar-refractivity contribution in [2.24, 2.45) is 0 Å². The number of ketones is 1. The summed E-state index contributed by atoms with van der Waals surface area (Å²) >= 11 is 9.42. The highest BCUT2D eigenvalue weighted by molar-refractivity contribution is 9.10. The van der Waals surface area contributed by atoms with Crippen molar-refractivity contribution >= 4 is 39.0 Å². The molecule has 18 heavy (non-hydrogen) atoms. The summed E-state index contributed by atoms with van der Waals surface area (Å²) in [4.78, 5) is 12.3. The molecule has 0 radical (unpaired) electrons. The van der Waals surface area contributed by atoms with Crippen molar-refractivity contribution in [1.82, 2.24) is 0 Å². The number of carbonyl (C=O) groups excluding carboxylic acids is 1. The van der Waals surface area contributed by atoms with Crippen molar-refractivity contribution in [1.29, 1.82) is 0 Å². The molecule has 92 valence electrons. The predicted octanol–water partition coefficient (Wildman–Crippen LogP) is 4.22. The Kier molecular flexibility index (Phi) is 3.73. The van der Waals surface area contributed by atoms with Crippen LogP contribution in [0.2, 0.25) is 5.02 Å². The summed E-state index contributed by atoms with van der Waals surface area (Å²) in [6.45, 7) is 1.94. The van der Waals surface area contributed by atoms with E-state index in [0.717, 1.165) is 10.0 Å². The van der Waals surface area contributed by atoms with E-state index in [0.29, 0.717) is 21.8 Å². The van der Waals surface area contributed by atoms with Crippen LogP contribution in [0, 0.1) is 6.92 Å². The van der Waals surface area contributed by atoms with Crippen molar-refractivity contribution in [2.45, 2.75) is 6.92 Å². The highest BCUT2D eigenvalue weighted by Gasteiger charge is 2.13. The molecule has 0 amide bonds. The lowest BCUT2D eigenvalue weighted by atomic mass is 10.0. The van der Waals surface area contributed by atoms with Crippen LogP contribution in [0.5, 0.6) is 0 Å². The Morgan fingerprint density at radius 1 is 1.22 bits per heavy atom. The van der Waals surface area contributed by atoms with E-state index in [1.807, 2.05) is 19.1 Å². The summed E-state index contributed by atoms with van der Waals surface area (Å²) in [6.07, 6.45) is 0. The van der Waals surface area contributed by atoms with Crippen LogP contribution >= 0.6 is 27.5 Å². The molecule has 0 atom stereocenters. The van der Waals surface area contributed by atoms with Crippen molar-refractivity contribution in [2.75, 3.05) is 5.73 Å². The molecule has 0 saturated carbocycles.